The highest BCUT2D eigenvalue weighted by Gasteiger charge is 2.18. The number of esters is 1. The molecule has 1 aromatic heterocycles. The van der Waals surface area contributed by atoms with E-state index in [0.717, 1.165) is 0 Å². The summed E-state index contributed by atoms with van der Waals surface area (Å²) in [6, 6.07) is 5.86. The predicted molar refractivity (Wildman–Crippen MR) is 79.9 cm³/mol. The van der Waals surface area contributed by atoms with E-state index in [9.17, 15) is 9.59 Å². The summed E-state index contributed by atoms with van der Waals surface area (Å²) in [4.78, 5) is 23.5. The third-order valence-electron chi connectivity index (χ3n) is 3.07. The minimum Gasteiger partial charge on any atom is -0.494 e. The van der Waals surface area contributed by atoms with Crippen LogP contribution in [0.4, 0.5) is 6.01 Å². The molecule has 1 amide bonds. The lowest BCUT2D eigenvalue weighted by Crippen LogP contribution is -2.12. The smallest absolute Gasteiger partial charge is 0.337 e. The van der Waals surface area contributed by atoms with Crippen LogP contribution in [0.5, 0.6) is 0 Å². The molecular weight excluding hydrogens is 318 g/mol. The van der Waals surface area contributed by atoms with Gasteiger partial charge in [0.1, 0.15) is 19.5 Å². The lowest BCUT2D eigenvalue weighted by Gasteiger charge is -2.11. The van der Waals surface area contributed by atoms with E-state index in [2.05, 4.69) is 20.3 Å². The van der Waals surface area contributed by atoms with Crippen LogP contribution < -0.4 is 5.32 Å². The van der Waals surface area contributed by atoms with Crippen LogP contribution in [-0.2, 0) is 14.2 Å². The number of rotatable bonds is 4. The lowest BCUT2D eigenvalue weighted by molar-refractivity contribution is 0.0600. The second-order valence-electron chi connectivity index (χ2n) is 4.64. The van der Waals surface area contributed by atoms with Crippen molar-refractivity contribution in [1.82, 2.24) is 10.2 Å². The van der Waals surface area contributed by atoms with Crippen LogP contribution in [0.1, 0.15) is 26.6 Å². The quantitative estimate of drug-likeness (QED) is 0.838. The largest absolute Gasteiger partial charge is 0.494 e. The Hall–Kier alpha value is -3.36. The molecule has 0 unspecified atom stereocenters. The first-order valence-corrected chi connectivity index (χ1v) is 6.95. The Balaban J connectivity index is 1.67. The standard InChI is InChI=1S/C15H13N3O6/c1-21-14(20)10-4-2-9(3-5-10)12(19)16-15-18-17-13(24-15)11-8-22-6-7-23-11/h2-5,8H,6-7H2,1H3,(H,16,18,19). The summed E-state index contributed by atoms with van der Waals surface area (Å²) >= 11 is 0. The normalized spacial score (nSPS) is 13.3. The number of carbonyl (C=O) groups excluding carboxylic acids is 2. The molecule has 0 saturated heterocycles. The van der Waals surface area contributed by atoms with Crippen molar-refractivity contribution in [3.05, 3.63) is 47.5 Å². The molecule has 2 heterocycles. The highest BCUT2D eigenvalue weighted by molar-refractivity contribution is 6.03. The fraction of sp³-hybridized carbons (Fsp3) is 0.200. The molecule has 0 fully saturated rings. The van der Waals surface area contributed by atoms with Crippen LogP contribution in [0.25, 0.3) is 5.76 Å². The van der Waals surface area contributed by atoms with Crippen molar-refractivity contribution >= 4 is 23.7 Å². The van der Waals surface area contributed by atoms with Gasteiger partial charge >= 0.3 is 12.0 Å². The van der Waals surface area contributed by atoms with Gasteiger partial charge in [-0.05, 0) is 24.3 Å². The second kappa shape index (κ2) is 6.82. The van der Waals surface area contributed by atoms with Crippen LogP contribution in [-0.4, -0.2) is 42.4 Å². The van der Waals surface area contributed by atoms with E-state index in [1.54, 1.807) is 0 Å². The molecular formula is C15H13N3O6. The van der Waals surface area contributed by atoms with Crippen LogP contribution in [0, 0.1) is 0 Å². The first-order valence-electron chi connectivity index (χ1n) is 6.95. The second-order valence-corrected chi connectivity index (χ2v) is 4.64. The molecule has 0 atom stereocenters. The van der Waals surface area contributed by atoms with Crippen molar-refractivity contribution < 1.29 is 28.2 Å². The summed E-state index contributed by atoms with van der Waals surface area (Å²) in [6.07, 6.45) is 1.37. The molecule has 0 bridgehead atoms. The summed E-state index contributed by atoms with van der Waals surface area (Å²) in [5.74, 6) is -0.536. The van der Waals surface area contributed by atoms with Gasteiger partial charge in [-0.1, -0.05) is 5.10 Å². The number of amides is 1. The van der Waals surface area contributed by atoms with Gasteiger partial charge in [0.05, 0.1) is 12.7 Å². The van der Waals surface area contributed by atoms with Gasteiger partial charge in [0, 0.05) is 5.56 Å². The number of carbonyl (C=O) groups is 2. The third kappa shape index (κ3) is 3.35. The Morgan fingerprint density at radius 1 is 1.12 bits per heavy atom. The van der Waals surface area contributed by atoms with Gasteiger partial charge in [-0.3, -0.25) is 10.1 Å². The topological polar surface area (TPSA) is 113 Å². The van der Waals surface area contributed by atoms with Crippen LogP contribution in [0.2, 0.25) is 0 Å². The van der Waals surface area contributed by atoms with Crippen molar-refractivity contribution in [2.75, 3.05) is 25.6 Å². The molecule has 0 radical (unpaired) electrons. The molecule has 1 aliphatic heterocycles. The predicted octanol–water partition coefficient (Wildman–Crippen LogP) is 1.45. The Kier molecular flexibility index (Phi) is 4.41. The molecule has 0 spiro atoms. The Bertz CT molecular complexity index is 781. The number of anilines is 1. The van der Waals surface area contributed by atoms with E-state index in [1.807, 2.05) is 0 Å². The average molecular weight is 331 g/mol. The SMILES string of the molecule is COC(=O)c1ccc(C(=O)Nc2nnc(C3=COCCO3)o2)cc1. The van der Waals surface area contributed by atoms with Gasteiger partial charge < -0.3 is 18.6 Å². The number of nitrogens with zero attached hydrogens (tertiary/aromatic N) is 2. The van der Waals surface area contributed by atoms with Crippen molar-refractivity contribution in [2.45, 2.75) is 0 Å². The van der Waals surface area contributed by atoms with Gasteiger partial charge in [-0.2, -0.15) is 0 Å². The monoisotopic (exact) mass is 331 g/mol. The maximum absolute atomic E-state index is 12.1. The van der Waals surface area contributed by atoms with Gasteiger partial charge in [-0.15, -0.1) is 5.10 Å². The fourth-order valence-electron chi connectivity index (χ4n) is 1.90. The number of methoxy groups -OCH3 is 1. The first-order chi connectivity index (χ1) is 11.7. The highest BCUT2D eigenvalue weighted by Crippen LogP contribution is 2.19. The molecule has 9 nitrogen and oxygen atoms in total. The van der Waals surface area contributed by atoms with E-state index in [1.165, 1.54) is 37.6 Å². The molecule has 0 aliphatic carbocycles. The number of hydrogen-bond donors (Lipinski definition) is 1. The summed E-state index contributed by atoms with van der Waals surface area (Å²) in [5, 5.41) is 9.95. The molecule has 0 saturated carbocycles. The summed E-state index contributed by atoms with van der Waals surface area (Å²) in [7, 11) is 1.28. The molecule has 24 heavy (non-hydrogen) atoms. The molecule has 9 heteroatoms. The van der Waals surface area contributed by atoms with Gasteiger partial charge in [0.25, 0.3) is 11.8 Å². The summed E-state index contributed by atoms with van der Waals surface area (Å²) in [5.41, 5.74) is 0.661. The molecule has 1 aromatic carbocycles. The van der Waals surface area contributed by atoms with E-state index in [0.29, 0.717) is 30.1 Å². The van der Waals surface area contributed by atoms with Crippen LogP contribution in [0.3, 0.4) is 0 Å². The minimum absolute atomic E-state index is 0.0814. The Morgan fingerprint density at radius 2 is 1.88 bits per heavy atom. The van der Waals surface area contributed by atoms with Crippen molar-refractivity contribution in [2.24, 2.45) is 0 Å². The number of hydrogen-bond acceptors (Lipinski definition) is 8. The molecule has 1 aliphatic rings. The molecule has 124 valence electrons. The third-order valence-corrected chi connectivity index (χ3v) is 3.07. The first kappa shape index (κ1) is 15.5. The van der Waals surface area contributed by atoms with E-state index in [4.69, 9.17) is 13.9 Å². The van der Waals surface area contributed by atoms with Gasteiger partial charge in [0.15, 0.2) is 0 Å². The van der Waals surface area contributed by atoms with Crippen molar-refractivity contribution in [3.8, 4) is 0 Å². The maximum Gasteiger partial charge on any atom is 0.337 e. The number of aromatic nitrogens is 2. The van der Waals surface area contributed by atoms with Crippen LogP contribution in [0.15, 0.2) is 34.9 Å². The molecule has 3 rings (SSSR count). The van der Waals surface area contributed by atoms with E-state index >= 15 is 0 Å². The minimum atomic E-state index is -0.480. The number of benzene rings is 1. The van der Waals surface area contributed by atoms with Crippen LogP contribution >= 0.6 is 0 Å². The average Bonchev–Trinajstić information content (AvgIpc) is 3.10. The summed E-state index contributed by atoms with van der Waals surface area (Å²) in [6.45, 7) is 0.825. The van der Waals surface area contributed by atoms with Crippen molar-refractivity contribution in [1.29, 1.82) is 0 Å². The molecule has 2 aromatic rings. The Labute approximate surface area is 136 Å². The van der Waals surface area contributed by atoms with Crippen molar-refractivity contribution in [3.63, 3.8) is 0 Å². The Morgan fingerprint density at radius 3 is 2.54 bits per heavy atom. The maximum atomic E-state index is 12.1. The van der Waals surface area contributed by atoms with E-state index < -0.39 is 11.9 Å². The zero-order valence-electron chi connectivity index (χ0n) is 12.6. The van der Waals surface area contributed by atoms with Gasteiger partial charge in [-0.25, -0.2) is 4.79 Å². The number of nitrogens with one attached hydrogen (secondary N) is 1. The number of ether oxygens (including phenoxy) is 3. The van der Waals surface area contributed by atoms with E-state index in [-0.39, 0.29) is 11.9 Å². The zero-order chi connectivity index (χ0) is 16.9. The molecule has 1 N–H and O–H groups in total. The fourth-order valence-corrected chi connectivity index (χ4v) is 1.90. The van der Waals surface area contributed by atoms with Gasteiger partial charge in [0.2, 0.25) is 5.76 Å². The highest BCUT2D eigenvalue weighted by atomic mass is 16.6. The summed E-state index contributed by atoms with van der Waals surface area (Å²) < 4.78 is 20.3. The zero-order valence-corrected chi connectivity index (χ0v) is 12.6. The lowest BCUT2D eigenvalue weighted by atomic mass is 10.1.